The van der Waals surface area contributed by atoms with E-state index < -0.39 is 17.8 Å². The zero-order valence-corrected chi connectivity index (χ0v) is 22.8. The number of methoxy groups -OCH3 is 1. The van der Waals surface area contributed by atoms with Crippen molar-refractivity contribution >= 4 is 45.5 Å². The molecule has 1 N–H and O–H groups in total. The molecule has 1 heterocycles. The van der Waals surface area contributed by atoms with Gasteiger partial charge < -0.3 is 14.2 Å². The van der Waals surface area contributed by atoms with Crippen LogP contribution < -0.4 is 24.4 Å². The van der Waals surface area contributed by atoms with Crippen molar-refractivity contribution in [3.63, 3.8) is 0 Å². The fourth-order valence-electron chi connectivity index (χ4n) is 3.89. The van der Waals surface area contributed by atoms with Crippen LogP contribution in [0.2, 0.25) is 0 Å². The summed E-state index contributed by atoms with van der Waals surface area (Å²) in [5.41, 5.74) is 2.76. The van der Waals surface area contributed by atoms with E-state index in [1.165, 1.54) is 13.2 Å². The van der Waals surface area contributed by atoms with Gasteiger partial charge in [-0.05, 0) is 82.9 Å². The highest BCUT2D eigenvalue weighted by Gasteiger charge is 2.37. The lowest BCUT2D eigenvalue weighted by Crippen LogP contribution is -2.54. The van der Waals surface area contributed by atoms with Crippen molar-refractivity contribution in [3.8, 4) is 17.2 Å². The third kappa shape index (κ3) is 6.06. The SMILES string of the molecule is CCCOc1ccc(N2C(=O)NC(=O)/C(=C/c3cc(Br)c(OCc4cccc(C)c4)c(OC)c3)C2=O)cc1. The van der Waals surface area contributed by atoms with E-state index in [0.717, 1.165) is 22.4 Å². The van der Waals surface area contributed by atoms with E-state index in [2.05, 4.69) is 21.2 Å². The first-order valence-corrected chi connectivity index (χ1v) is 12.8. The van der Waals surface area contributed by atoms with Crippen LogP contribution in [-0.4, -0.2) is 31.6 Å². The first-order chi connectivity index (χ1) is 18.3. The second-order valence-corrected chi connectivity index (χ2v) is 9.47. The third-order valence-corrected chi connectivity index (χ3v) is 6.29. The largest absolute Gasteiger partial charge is 0.494 e. The first kappa shape index (κ1) is 26.9. The quantitative estimate of drug-likeness (QED) is 0.255. The van der Waals surface area contributed by atoms with Gasteiger partial charge in [-0.3, -0.25) is 14.9 Å². The van der Waals surface area contributed by atoms with Crippen LogP contribution in [0.3, 0.4) is 0 Å². The fourth-order valence-corrected chi connectivity index (χ4v) is 4.46. The van der Waals surface area contributed by atoms with Gasteiger partial charge in [0.2, 0.25) is 0 Å². The van der Waals surface area contributed by atoms with Crippen LogP contribution in [0.5, 0.6) is 17.2 Å². The number of barbiturate groups is 1. The minimum atomic E-state index is -0.821. The summed E-state index contributed by atoms with van der Waals surface area (Å²) in [6, 6.07) is 17.0. The number of anilines is 1. The van der Waals surface area contributed by atoms with Crippen LogP contribution in [-0.2, 0) is 16.2 Å². The Hall–Kier alpha value is -4.11. The van der Waals surface area contributed by atoms with E-state index in [1.807, 2.05) is 38.1 Å². The van der Waals surface area contributed by atoms with Crippen LogP contribution >= 0.6 is 15.9 Å². The van der Waals surface area contributed by atoms with Crippen molar-refractivity contribution in [2.75, 3.05) is 18.6 Å². The van der Waals surface area contributed by atoms with Crippen LogP contribution in [0, 0.1) is 6.92 Å². The number of amides is 4. The minimum Gasteiger partial charge on any atom is -0.494 e. The number of ether oxygens (including phenoxy) is 3. The lowest BCUT2D eigenvalue weighted by Gasteiger charge is -2.26. The maximum atomic E-state index is 13.3. The predicted octanol–water partition coefficient (Wildman–Crippen LogP) is 5.80. The molecule has 8 nitrogen and oxygen atoms in total. The monoisotopic (exact) mass is 578 g/mol. The van der Waals surface area contributed by atoms with Gasteiger partial charge >= 0.3 is 6.03 Å². The second kappa shape index (κ2) is 12.0. The molecular weight excluding hydrogens is 552 g/mol. The Kier molecular flexibility index (Phi) is 8.48. The number of benzene rings is 3. The molecule has 9 heteroatoms. The average Bonchev–Trinajstić information content (AvgIpc) is 2.89. The predicted molar refractivity (Wildman–Crippen MR) is 147 cm³/mol. The normalized spacial score (nSPS) is 14.5. The molecule has 1 fully saturated rings. The van der Waals surface area contributed by atoms with Crippen molar-refractivity contribution in [2.24, 2.45) is 0 Å². The number of hydrogen-bond acceptors (Lipinski definition) is 6. The molecule has 3 aromatic carbocycles. The summed E-state index contributed by atoms with van der Waals surface area (Å²) in [6.45, 7) is 4.89. The molecule has 0 spiro atoms. The first-order valence-electron chi connectivity index (χ1n) is 12.0. The number of urea groups is 1. The van der Waals surface area contributed by atoms with Crippen LogP contribution in [0.15, 0.2) is 70.7 Å². The summed E-state index contributed by atoms with van der Waals surface area (Å²) in [5.74, 6) is -0.00489. The molecule has 196 valence electrons. The van der Waals surface area contributed by atoms with Gasteiger partial charge in [-0.15, -0.1) is 0 Å². The van der Waals surface area contributed by atoms with Crippen molar-refractivity contribution in [1.82, 2.24) is 5.32 Å². The highest BCUT2D eigenvalue weighted by Crippen LogP contribution is 2.38. The molecule has 0 radical (unpaired) electrons. The van der Waals surface area contributed by atoms with Crippen molar-refractivity contribution in [1.29, 1.82) is 0 Å². The molecule has 1 saturated heterocycles. The summed E-state index contributed by atoms with van der Waals surface area (Å²) in [5, 5.41) is 2.24. The van der Waals surface area contributed by atoms with E-state index in [0.29, 0.717) is 46.2 Å². The summed E-state index contributed by atoms with van der Waals surface area (Å²) in [7, 11) is 1.50. The minimum absolute atomic E-state index is 0.196. The summed E-state index contributed by atoms with van der Waals surface area (Å²) in [6.07, 6.45) is 2.26. The summed E-state index contributed by atoms with van der Waals surface area (Å²) < 4.78 is 17.7. The Morgan fingerprint density at radius 2 is 1.76 bits per heavy atom. The molecule has 0 aliphatic carbocycles. The maximum Gasteiger partial charge on any atom is 0.335 e. The molecule has 0 saturated carbocycles. The zero-order chi connectivity index (χ0) is 27.2. The van der Waals surface area contributed by atoms with Gasteiger partial charge in [0.25, 0.3) is 11.8 Å². The van der Waals surface area contributed by atoms with E-state index in [4.69, 9.17) is 14.2 Å². The Balaban J connectivity index is 1.59. The molecule has 0 atom stereocenters. The highest BCUT2D eigenvalue weighted by molar-refractivity contribution is 9.10. The number of carbonyl (C=O) groups excluding carboxylic acids is 3. The van der Waals surface area contributed by atoms with Gasteiger partial charge in [0, 0.05) is 0 Å². The van der Waals surface area contributed by atoms with E-state index in [-0.39, 0.29) is 5.57 Å². The molecular formula is C29H27BrN2O6. The molecule has 1 aliphatic rings. The zero-order valence-electron chi connectivity index (χ0n) is 21.2. The van der Waals surface area contributed by atoms with Gasteiger partial charge in [0.05, 0.1) is 23.9 Å². The molecule has 38 heavy (non-hydrogen) atoms. The maximum absolute atomic E-state index is 13.3. The number of nitrogens with one attached hydrogen (secondary N) is 1. The molecule has 4 rings (SSSR count). The number of aryl methyl sites for hydroxylation is 1. The molecule has 0 aromatic heterocycles. The van der Waals surface area contributed by atoms with E-state index >= 15 is 0 Å². The third-order valence-electron chi connectivity index (χ3n) is 5.70. The van der Waals surface area contributed by atoms with Crippen molar-refractivity contribution in [2.45, 2.75) is 26.9 Å². The molecule has 1 aliphatic heterocycles. The summed E-state index contributed by atoms with van der Waals surface area (Å²) in [4.78, 5) is 39.4. The van der Waals surface area contributed by atoms with Gasteiger partial charge in [-0.1, -0.05) is 36.8 Å². The number of rotatable bonds is 9. The number of halogens is 1. The van der Waals surface area contributed by atoms with Crippen molar-refractivity contribution in [3.05, 3.63) is 87.4 Å². The summed E-state index contributed by atoms with van der Waals surface area (Å²) >= 11 is 3.51. The number of hydrogen-bond donors (Lipinski definition) is 1. The average molecular weight is 579 g/mol. The van der Waals surface area contributed by atoms with Crippen LogP contribution in [0.25, 0.3) is 6.08 Å². The van der Waals surface area contributed by atoms with Gasteiger partial charge in [0.15, 0.2) is 11.5 Å². The number of imide groups is 2. The second-order valence-electron chi connectivity index (χ2n) is 8.61. The lowest BCUT2D eigenvalue weighted by molar-refractivity contribution is -0.122. The molecule has 4 amide bonds. The van der Waals surface area contributed by atoms with Crippen LogP contribution in [0.4, 0.5) is 10.5 Å². The number of carbonyl (C=O) groups is 3. The van der Waals surface area contributed by atoms with Crippen molar-refractivity contribution < 1.29 is 28.6 Å². The highest BCUT2D eigenvalue weighted by atomic mass is 79.9. The molecule has 0 bridgehead atoms. The Morgan fingerprint density at radius 3 is 2.45 bits per heavy atom. The topological polar surface area (TPSA) is 94.2 Å². The van der Waals surface area contributed by atoms with Crippen LogP contribution in [0.1, 0.15) is 30.0 Å². The standard InChI is InChI=1S/C29H27BrN2O6/c1-4-12-37-22-10-8-21(9-11-22)32-28(34)23(27(33)31-29(32)35)14-20-15-24(30)26(25(16-20)36-3)38-17-19-7-5-6-18(2)13-19/h5-11,13-16H,4,12,17H2,1-3H3,(H,31,33,35)/b23-14-. The van der Waals surface area contributed by atoms with E-state index in [1.54, 1.807) is 36.4 Å². The molecule has 0 unspecified atom stereocenters. The van der Waals surface area contributed by atoms with Gasteiger partial charge in [0.1, 0.15) is 17.9 Å². The Bertz CT molecular complexity index is 1400. The van der Waals surface area contributed by atoms with Gasteiger partial charge in [-0.2, -0.15) is 0 Å². The Morgan fingerprint density at radius 1 is 1.00 bits per heavy atom. The fraction of sp³-hybridized carbons (Fsp3) is 0.207. The molecule has 3 aromatic rings. The Labute approximate surface area is 229 Å². The lowest BCUT2D eigenvalue weighted by atomic mass is 10.1. The number of nitrogens with zero attached hydrogens (tertiary/aromatic N) is 1. The van der Waals surface area contributed by atoms with Gasteiger partial charge in [-0.25, -0.2) is 9.69 Å². The van der Waals surface area contributed by atoms with E-state index in [9.17, 15) is 14.4 Å². The smallest absolute Gasteiger partial charge is 0.335 e.